The molecular formula is C23H27N3. The molecule has 0 unspecified atom stereocenters. The highest BCUT2D eigenvalue weighted by molar-refractivity contribution is 5.83. The molecule has 2 aromatic carbocycles. The minimum Gasteiger partial charge on any atom is -0.267 e. The fourth-order valence-corrected chi connectivity index (χ4v) is 3.22. The average Bonchev–Trinajstić information content (AvgIpc) is 3.01. The Morgan fingerprint density at radius 1 is 0.885 bits per heavy atom. The zero-order chi connectivity index (χ0) is 18.7. The van der Waals surface area contributed by atoms with E-state index in [4.69, 9.17) is 4.99 Å². The van der Waals surface area contributed by atoms with Crippen LogP contribution in [-0.4, -0.2) is 16.0 Å². The molecule has 0 aliphatic carbocycles. The van der Waals surface area contributed by atoms with Crippen molar-refractivity contribution >= 4 is 11.9 Å². The van der Waals surface area contributed by atoms with Crippen LogP contribution in [0.2, 0.25) is 0 Å². The molecule has 0 N–H and O–H groups in total. The summed E-state index contributed by atoms with van der Waals surface area (Å²) in [7, 11) is 1.97. The van der Waals surface area contributed by atoms with Crippen molar-refractivity contribution < 1.29 is 0 Å². The van der Waals surface area contributed by atoms with E-state index in [1.54, 1.807) is 0 Å². The summed E-state index contributed by atoms with van der Waals surface area (Å²) in [6, 6.07) is 18.9. The number of rotatable bonds is 5. The average molecular weight is 345 g/mol. The normalized spacial score (nSPS) is 11.8. The summed E-state index contributed by atoms with van der Waals surface area (Å²) in [5, 5.41) is 4.62. The number of aryl methyl sites for hydroxylation is 1. The first-order valence-electron chi connectivity index (χ1n) is 9.23. The van der Waals surface area contributed by atoms with E-state index in [0.717, 1.165) is 22.6 Å². The van der Waals surface area contributed by atoms with Crippen LogP contribution in [0.15, 0.2) is 59.6 Å². The summed E-state index contributed by atoms with van der Waals surface area (Å²) in [4.78, 5) is 4.87. The molecule has 3 nitrogen and oxygen atoms in total. The number of para-hydroxylation sites is 1. The van der Waals surface area contributed by atoms with Crippen molar-refractivity contribution in [1.82, 2.24) is 9.78 Å². The number of benzene rings is 2. The summed E-state index contributed by atoms with van der Waals surface area (Å²) in [5.74, 6) is 0.869. The van der Waals surface area contributed by atoms with Gasteiger partial charge in [-0.1, -0.05) is 76.2 Å². The van der Waals surface area contributed by atoms with E-state index in [-0.39, 0.29) is 0 Å². The van der Waals surface area contributed by atoms with Crippen LogP contribution in [-0.2, 0) is 7.05 Å². The Morgan fingerprint density at radius 2 is 1.50 bits per heavy atom. The summed E-state index contributed by atoms with van der Waals surface area (Å²) < 4.78 is 1.91. The Balaban J connectivity index is 1.99. The molecule has 0 saturated heterocycles. The lowest BCUT2D eigenvalue weighted by Gasteiger charge is -2.16. The minimum absolute atomic E-state index is 0.435. The highest BCUT2D eigenvalue weighted by Gasteiger charge is 2.13. The van der Waals surface area contributed by atoms with Crippen molar-refractivity contribution in [3.63, 3.8) is 0 Å². The molecular weight excluding hydrogens is 318 g/mol. The smallest absolute Gasteiger partial charge is 0.104 e. The van der Waals surface area contributed by atoms with Crippen molar-refractivity contribution in [2.24, 2.45) is 12.0 Å². The van der Waals surface area contributed by atoms with Gasteiger partial charge in [-0.25, -0.2) is 0 Å². The lowest BCUT2D eigenvalue weighted by Crippen LogP contribution is -1.96. The van der Waals surface area contributed by atoms with Crippen LogP contribution in [0.3, 0.4) is 0 Å². The summed E-state index contributed by atoms with van der Waals surface area (Å²) in [5.41, 5.74) is 6.78. The van der Waals surface area contributed by atoms with Crippen molar-refractivity contribution in [2.75, 3.05) is 0 Å². The van der Waals surface area contributed by atoms with E-state index in [1.807, 2.05) is 36.1 Å². The van der Waals surface area contributed by atoms with Gasteiger partial charge in [0.05, 0.1) is 17.6 Å². The van der Waals surface area contributed by atoms with Gasteiger partial charge >= 0.3 is 0 Å². The van der Waals surface area contributed by atoms with Gasteiger partial charge in [0, 0.05) is 7.05 Å². The Kier molecular flexibility index (Phi) is 5.36. The molecule has 3 aromatic rings. The first-order valence-corrected chi connectivity index (χ1v) is 9.23. The zero-order valence-corrected chi connectivity index (χ0v) is 16.3. The van der Waals surface area contributed by atoms with Crippen molar-refractivity contribution in [2.45, 2.75) is 39.5 Å². The van der Waals surface area contributed by atoms with Crippen LogP contribution in [0.1, 0.15) is 56.4 Å². The van der Waals surface area contributed by atoms with E-state index in [0.29, 0.717) is 11.8 Å². The van der Waals surface area contributed by atoms with Gasteiger partial charge in [0.25, 0.3) is 0 Å². The fraction of sp³-hybridized carbons (Fsp3) is 0.304. The molecule has 0 aliphatic rings. The number of aromatic nitrogens is 2. The van der Waals surface area contributed by atoms with Gasteiger partial charge in [0.2, 0.25) is 0 Å². The van der Waals surface area contributed by atoms with E-state index in [9.17, 15) is 0 Å². The SMILES string of the molecule is CC(C)c1cccc(C(C)C)c1N=Cc1cc(-c2ccccc2)n(C)n1. The van der Waals surface area contributed by atoms with Gasteiger partial charge < -0.3 is 0 Å². The Morgan fingerprint density at radius 3 is 2.08 bits per heavy atom. The van der Waals surface area contributed by atoms with Crippen LogP contribution in [0.4, 0.5) is 5.69 Å². The van der Waals surface area contributed by atoms with Gasteiger partial charge in [0.15, 0.2) is 0 Å². The highest BCUT2D eigenvalue weighted by Crippen LogP contribution is 2.34. The predicted molar refractivity (Wildman–Crippen MR) is 111 cm³/mol. The van der Waals surface area contributed by atoms with Gasteiger partial charge in [0.1, 0.15) is 5.69 Å². The molecule has 3 rings (SSSR count). The Bertz CT molecular complexity index is 876. The van der Waals surface area contributed by atoms with E-state index >= 15 is 0 Å². The molecule has 0 fully saturated rings. The van der Waals surface area contributed by atoms with Crippen molar-refractivity contribution in [3.8, 4) is 11.3 Å². The standard InChI is InChI=1S/C23H27N3/c1-16(2)20-12-9-13-21(17(3)4)23(20)24-15-19-14-22(26(5)25-19)18-10-7-6-8-11-18/h6-17H,1-5H3. The maximum absolute atomic E-state index is 4.87. The maximum Gasteiger partial charge on any atom is 0.104 e. The molecule has 0 radical (unpaired) electrons. The molecule has 0 bridgehead atoms. The molecule has 0 amide bonds. The quantitative estimate of drug-likeness (QED) is 0.515. The zero-order valence-electron chi connectivity index (χ0n) is 16.3. The third-order valence-corrected chi connectivity index (χ3v) is 4.64. The van der Waals surface area contributed by atoms with Crippen LogP contribution >= 0.6 is 0 Å². The fourth-order valence-electron chi connectivity index (χ4n) is 3.22. The molecule has 26 heavy (non-hydrogen) atoms. The molecule has 134 valence electrons. The molecule has 0 saturated carbocycles. The summed E-state index contributed by atoms with van der Waals surface area (Å²) >= 11 is 0. The van der Waals surface area contributed by atoms with Crippen LogP contribution in [0.5, 0.6) is 0 Å². The predicted octanol–water partition coefficient (Wildman–Crippen LogP) is 6.08. The van der Waals surface area contributed by atoms with E-state index in [1.165, 1.54) is 11.1 Å². The Hall–Kier alpha value is -2.68. The molecule has 0 aliphatic heterocycles. The van der Waals surface area contributed by atoms with Crippen molar-refractivity contribution in [3.05, 3.63) is 71.4 Å². The third-order valence-electron chi connectivity index (χ3n) is 4.64. The number of hydrogen-bond donors (Lipinski definition) is 0. The number of aliphatic imine (C=N–C) groups is 1. The summed E-state index contributed by atoms with van der Waals surface area (Å²) in [6.45, 7) is 8.86. The van der Waals surface area contributed by atoms with Gasteiger partial charge in [-0.15, -0.1) is 0 Å². The van der Waals surface area contributed by atoms with Gasteiger partial charge in [-0.2, -0.15) is 5.10 Å². The Labute approximate surface area is 156 Å². The molecule has 0 spiro atoms. The van der Waals surface area contributed by atoms with Crippen LogP contribution < -0.4 is 0 Å². The lowest BCUT2D eigenvalue weighted by molar-refractivity contribution is 0.773. The second-order valence-electron chi connectivity index (χ2n) is 7.30. The molecule has 1 heterocycles. The number of nitrogens with zero attached hydrogens (tertiary/aromatic N) is 3. The highest BCUT2D eigenvalue weighted by atomic mass is 15.3. The first kappa shape index (κ1) is 18.1. The monoisotopic (exact) mass is 345 g/mol. The molecule has 3 heteroatoms. The largest absolute Gasteiger partial charge is 0.267 e. The second kappa shape index (κ2) is 7.69. The van der Waals surface area contributed by atoms with E-state index < -0.39 is 0 Å². The molecule has 1 aromatic heterocycles. The number of hydrogen-bond acceptors (Lipinski definition) is 2. The van der Waals surface area contributed by atoms with Gasteiger partial charge in [-0.05, 0) is 34.6 Å². The second-order valence-corrected chi connectivity index (χ2v) is 7.30. The van der Waals surface area contributed by atoms with E-state index in [2.05, 4.69) is 69.2 Å². The summed E-state index contributed by atoms with van der Waals surface area (Å²) in [6.07, 6.45) is 1.89. The lowest BCUT2D eigenvalue weighted by atomic mass is 9.93. The van der Waals surface area contributed by atoms with Gasteiger partial charge in [-0.3, -0.25) is 9.67 Å². The first-order chi connectivity index (χ1) is 12.5. The van der Waals surface area contributed by atoms with Crippen LogP contribution in [0, 0.1) is 0 Å². The minimum atomic E-state index is 0.435. The van der Waals surface area contributed by atoms with Crippen LogP contribution in [0.25, 0.3) is 11.3 Å². The maximum atomic E-state index is 4.87. The topological polar surface area (TPSA) is 30.2 Å². The molecule has 0 atom stereocenters. The third kappa shape index (κ3) is 3.77. The van der Waals surface area contributed by atoms with Crippen molar-refractivity contribution in [1.29, 1.82) is 0 Å².